The van der Waals surface area contributed by atoms with Crippen LogP contribution in [0.3, 0.4) is 0 Å². The van der Waals surface area contributed by atoms with Gasteiger partial charge in [0.05, 0.1) is 6.61 Å². The van der Waals surface area contributed by atoms with E-state index in [2.05, 4.69) is 29.5 Å². The first-order valence-electron chi connectivity index (χ1n) is 7.16. The average Bonchev–Trinajstić information content (AvgIpc) is 2.97. The number of carbonyl (C=O) groups excluding carboxylic acids is 1. The molecule has 1 amide bonds. The van der Waals surface area contributed by atoms with Crippen LogP contribution in [-0.2, 0) is 4.74 Å². The normalized spacial score (nSPS) is 18.3. The second-order valence-electron chi connectivity index (χ2n) is 5.51. The van der Waals surface area contributed by atoms with E-state index in [1.807, 2.05) is 13.1 Å². The second kappa shape index (κ2) is 6.70. The van der Waals surface area contributed by atoms with Crippen molar-refractivity contribution in [2.24, 2.45) is 5.92 Å². The molecule has 1 aromatic heterocycles. The maximum atomic E-state index is 12.2. The Morgan fingerprint density at radius 1 is 1.50 bits per heavy atom. The van der Waals surface area contributed by atoms with Crippen molar-refractivity contribution in [3.8, 4) is 0 Å². The van der Waals surface area contributed by atoms with Gasteiger partial charge in [-0.05, 0) is 24.5 Å². The third kappa shape index (κ3) is 3.70. The summed E-state index contributed by atoms with van der Waals surface area (Å²) >= 11 is 0. The Labute approximate surface area is 120 Å². The summed E-state index contributed by atoms with van der Waals surface area (Å²) in [6, 6.07) is 3.65. The largest absolute Gasteiger partial charge is 0.381 e. The lowest BCUT2D eigenvalue weighted by Gasteiger charge is -2.12. The molecule has 0 spiro atoms. The van der Waals surface area contributed by atoms with E-state index in [4.69, 9.17) is 4.74 Å². The highest BCUT2D eigenvalue weighted by atomic mass is 16.5. The topological polar surface area (TPSA) is 63.2 Å². The van der Waals surface area contributed by atoms with E-state index in [-0.39, 0.29) is 11.8 Å². The van der Waals surface area contributed by atoms with E-state index >= 15 is 0 Å². The number of pyridine rings is 1. The van der Waals surface area contributed by atoms with Crippen molar-refractivity contribution in [1.82, 2.24) is 10.3 Å². The molecule has 2 rings (SSSR count). The molecule has 1 aromatic rings. The maximum Gasteiger partial charge on any atom is 0.251 e. The van der Waals surface area contributed by atoms with Crippen LogP contribution in [0.15, 0.2) is 12.1 Å². The van der Waals surface area contributed by atoms with Crippen molar-refractivity contribution >= 4 is 11.7 Å². The van der Waals surface area contributed by atoms with E-state index in [1.54, 1.807) is 6.07 Å². The Morgan fingerprint density at radius 3 is 2.90 bits per heavy atom. The lowest BCUT2D eigenvalue weighted by atomic mass is 10.1. The molecule has 1 unspecified atom stereocenters. The van der Waals surface area contributed by atoms with E-state index in [0.29, 0.717) is 18.0 Å². The Balaban J connectivity index is 2.05. The maximum absolute atomic E-state index is 12.2. The molecule has 5 nitrogen and oxygen atoms in total. The van der Waals surface area contributed by atoms with Crippen molar-refractivity contribution in [1.29, 1.82) is 0 Å². The zero-order valence-corrected chi connectivity index (χ0v) is 12.4. The second-order valence-corrected chi connectivity index (χ2v) is 5.51. The predicted molar refractivity (Wildman–Crippen MR) is 79.1 cm³/mol. The summed E-state index contributed by atoms with van der Waals surface area (Å²) in [6.07, 6.45) is 1.02. The minimum atomic E-state index is -0.0438. The van der Waals surface area contributed by atoms with Gasteiger partial charge in [0.1, 0.15) is 5.82 Å². The van der Waals surface area contributed by atoms with Gasteiger partial charge in [-0.1, -0.05) is 13.8 Å². The Hall–Kier alpha value is -1.62. The third-order valence-electron chi connectivity index (χ3n) is 3.53. The number of aromatic nitrogens is 1. The van der Waals surface area contributed by atoms with Gasteiger partial charge in [0.2, 0.25) is 0 Å². The van der Waals surface area contributed by atoms with Crippen molar-refractivity contribution in [3.05, 3.63) is 23.4 Å². The summed E-state index contributed by atoms with van der Waals surface area (Å²) in [5.41, 5.74) is 1.58. The zero-order valence-electron chi connectivity index (χ0n) is 12.4. The Morgan fingerprint density at radius 2 is 2.30 bits per heavy atom. The van der Waals surface area contributed by atoms with E-state index in [0.717, 1.165) is 31.1 Å². The number of nitrogens with zero attached hydrogens (tertiary/aromatic N) is 1. The van der Waals surface area contributed by atoms with Gasteiger partial charge in [0, 0.05) is 37.4 Å². The van der Waals surface area contributed by atoms with Crippen LogP contribution in [0.2, 0.25) is 0 Å². The number of ether oxygens (including phenoxy) is 1. The molecule has 0 saturated carbocycles. The van der Waals surface area contributed by atoms with Gasteiger partial charge >= 0.3 is 0 Å². The quantitative estimate of drug-likeness (QED) is 0.864. The van der Waals surface area contributed by atoms with Crippen LogP contribution in [0.5, 0.6) is 0 Å². The van der Waals surface area contributed by atoms with Crippen molar-refractivity contribution in [2.75, 3.05) is 32.1 Å². The number of anilines is 1. The molecule has 1 atom stereocenters. The summed E-state index contributed by atoms with van der Waals surface area (Å²) in [6.45, 7) is 6.36. The standard InChI is InChI=1S/C15H23N3O2/c1-10(2)13-6-12(7-14(16-3)18-13)15(19)17-8-11-4-5-20-9-11/h6-7,10-11H,4-5,8-9H2,1-3H3,(H,16,18)(H,17,19). The van der Waals surface area contributed by atoms with E-state index < -0.39 is 0 Å². The number of nitrogens with one attached hydrogen (secondary N) is 2. The summed E-state index contributed by atoms with van der Waals surface area (Å²) in [7, 11) is 1.81. The molecule has 0 aliphatic carbocycles. The highest BCUT2D eigenvalue weighted by Gasteiger charge is 2.17. The molecule has 1 aliphatic rings. The molecule has 2 heterocycles. The molecule has 2 N–H and O–H groups in total. The molecular formula is C15H23N3O2. The fraction of sp³-hybridized carbons (Fsp3) is 0.600. The van der Waals surface area contributed by atoms with E-state index in [9.17, 15) is 4.79 Å². The first-order chi connectivity index (χ1) is 9.60. The SMILES string of the molecule is CNc1cc(C(=O)NCC2CCOC2)cc(C(C)C)n1. The lowest BCUT2D eigenvalue weighted by molar-refractivity contribution is 0.0945. The molecular weight excluding hydrogens is 254 g/mol. The van der Waals surface area contributed by atoms with Gasteiger partial charge in [-0.15, -0.1) is 0 Å². The molecule has 1 saturated heterocycles. The number of carbonyl (C=O) groups is 1. The zero-order chi connectivity index (χ0) is 14.5. The predicted octanol–water partition coefficient (Wildman–Crippen LogP) is 2.01. The van der Waals surface area contributed by atoms with Crippen LogP contribution in [0, 0.1) is 5.92 Å². The van der Waals surface area contributed by atoms with Gasteiger partial charge in [-0.3, -0.25) is 4.79 Å². The first kappa shape index (κ1) is 14.8. The minimum Gasteiger partial charge on any atom is -0.381 e. The van der Waals surface area contributed by atoms with E-state index in [1.165, 1.54) is 0 Å². The van der Waals surface area contributed by atoms with Crippen molar-refractivity contribution < 1.29 is 9.53 Å². The van der Waals surface area contributed by atoms with Crippen LogP contribution in [0.1, 0.15) is 42.2 Å². The molecule has 20 heavy (non-hydrogen) atoms. The van der Waals surface area contributed by atoms with Gasteiger partial charge in [-0.2, -0.15) is 0 Å². The highest BCUT2D eigenvalue weighted by Crippen LogP contribution is 2.18. The molecule has 0 aromatic carbocycles. The summed E-state index contributed by atoms with van der Waals surface area (Å²) in [5, 5.41) is 5.99. The van der Waals surface area contributed by atoms with Crippen LogP contribution >= 0.6 is 0 Å². The molecule has 0 bridgehead atoms. The van der Waals surface area contributed by atoms with Crippen LogP contribution in [0.25, 0.3) is 0 Å². The number of amides is 1. The van der Waals surface area contributed by atoms with Crippen molar-refractivity contribution in [3.63, 3.8) is 0 Å². The number of hydrogen-bond donors (Lipinski definition) is 2. The average molecular weight is 277 g/mol. The summed E-state index contributed by atoms with van der Waals surface area (Å²) in [4.78, 5) is 16.7. The fourth-order valence-electron chi connectivity index (χ4n) is 2.19. The van der Waals surface area contributed by atoms with Gasteiger partial charge in [-0.25, -0.2) is 4.98 Å². The fourth-order valence-corrected chi connectivity index (χ4v) is 2.19. The van der Waals surface area contributed by atoms with Gasteiger partial charge < -0.3 is 15.4 Å². The first-order valence-corrected chi connectivity index (χ1v) is 7.16. The molecule has 110 valence electrons. The van der Waals surface area contributed by atoms with Crippen LogP contribution in [0.4, 0.5) is 5.82 Å². The van der Waals surface area contributed by atoms with Crippen molar-refractivity contribution in [2.45, 2.75) is 26.2 Å². The minimum absolute atomic E-state index is 0.0438. The van der Waals surface area contributed by atoms with Gasteiger partial charge in [0.15, 0.2) is 0 Å². The summed E-state index contributed by atoms with van der Waals surface area (Å²) in [5.74, 6) is 1.41. The lowest BCUT2D eigenvalue weighted by Crippen LogP contribution is -2.29. The monoisotopic (exact) mass is 277 g/mol. The Kier molecular flexibility index (Phi) is 4.95. The molecule has 0 radical (unpaired) electrons. The number of rotatable bonds is 5. The van der Waals surface area contributed by atoms with Gasteiger partial charge in [0.25, 0.3) is 5.91 Å². The molecule has 5 heteroatoms. The Bertz CT molecular complexity index is 468. The third-order valence-corrected chi connectivity index (χ3v) is 3.53. The highest BCUT2D eigenvalue weighted by molar-refractivity contribution is 5.95. The number of hydrogen-bond acceptors (Lipinski definition) is 4. The summed E-state index contributed by atoms with van der Waals surface area (Å²) < 4.78 is 5.31. The van der Waals surface area contributed by atoms with Crippen LogP contribution < -0.4 is 10.6 Å². The molecule has 1 fully saturated rings. The van der Waals surface area contributed by atoms with Crippen LogP contribution in [-0.4, -0.2) is 37.7 Å². The molecule has 1 aliphatic heterocycles. The smallest absolute Gasteiger partial charge is 0.251 e.